The van der Waals surface area contributed by atoms with E-state index in [1.54, 1.807) is 6.07 Å². The van der Waals surface area contributed by atoms with Crippen molar-refractivity contribution in [1.82, 2.24) is 10.9 Å². The van der Waals surface area contributed by atoms with Gasteiger partial charge in [0.05, 0.1) is 25.8 Å². The summed E-state index contributed by atoms with van der Waals surface area (Å²) in [4.78, 5) is 24.4. The van der Waals surface area contributed by atoms with E-state index in [9.17, 15) is 9.59 Å². The summed E-state index contributed by atoms with van der Waals surface area (Å²) >= 11 is 3.41. The second-order valence-electron chi connectivity index (χ2n) is 5.82. The fraction of sp³-hybridized carbons (Fsp3) is 0.300. The molecule has 0 bridgehead atoms. The fourth-order valence-corrected chi connectivity index (χ4v) is 3.01. The van der Waals surface area contributed by atoms with Crippen LogP contribution in [0.5, 0.6) is 23.0 Å². The molecule has 0 aliphatic carbocycles. The Balaban J connectivity index is 1.95. The highest BCUT2D eigenvalue weighted by Gasteiger charge is 2.17. The molecule has 9 heteroatoms. The van der Waals surface area contributed by atoms with E-state index in [-0.39, 0.29) is 12.2 Å². The predicted molar refractivity (Wildman–Crippen MR) is 111 cm³/mol. The van der Waals surface area contributed by atoms with Gasteiger partial charge in [-0.2, -0.15) is 0 Å². The summed E-state index contributed by atoms with van der Waals surface area (Å²) in [7, 11) is 4.36. The Bertz CT molecular complexity index is 862. The largest absolute Gasteiger partial charge is 0.493 e. The van der Waals surface area contributed by atoms with Crippen LogP contribution in [0.1, 0.15) is 22.8 Å². The number of halogens is 1. The van der Waals surface area contributed by atoms with Crippen molar-refractivity contribution in [3.63, 3.8) is 0 Å². The topological polar surface area (TPSA) is 95.1 Å². The van der Waals surface area contributed by atoms with E-state index < -0.39 is 11.8 Å². The zero-order valence-electron chi connectivity index (χ0n) is 16.6. The van der Waals surface area contributed by atoms with Crippen LogP contribution in [-0.4, -0.2) is 39.8 Å². The van der Waals surface area contributed by atoms with E-state index >= 15 is 0 Å². The number of ether oxygens (including phenoxy) is 4. The second kappa shape index (κ2) is 10.6. The maximum atomic E-state index is 12.4. The zero-order valence-corrected chi connectivity index (χ0v) is 18.2. The molecule has 156 valence electrons. The summed E-state index contributed by atoms with van der Waals surface area (Å²) in [5.41, 5.74) is 6.00. The van der Waals surface area contributed by atoms with Crippen molar-refractivity contribution in [3.8, 4) is 23.0 Å². The van der Waals surface area contributed by atoms with Gasteiger partial charge in [-0.25, -0.2) is 0 Å². The smallest absolute Gasteiger partial charge is 0.276 e. The highest BCUT2D eigenvalue weighted by molar-refractivity contribution is 9.10. The van der Waals surface area contributed by atoms with Gasteiger partial charge in [0, 0.05) is 5.56 Å². The molecule has 2 rings (SSSR count). The van der Waals surface area contributed by atoms with Crippen LogP contribution in [0.3, 0.4) is 0 Å². The molecule has 0 aliphatic heterocycles. The Morgan fingerprint density at radius 1 is 0.931 bits per heavy atom. The monoisotopic (exact) mass is 466 g/mol. The lowest BCUT2D eigenvalue weighted by Gasteiger charge is -2.14. The Hall–Kier alpha value is -2.94. The summed E-state index contributed by atoms with van der Waals surface area (Å²) in [6.45, 7) is 1.78. The second-order valence-corrected chi connectivity index (χ2v) is 6.68. The number of carbonyl (C=O) groups is 2. The van der Waals surface area contributed by atoms with Crippen LogP contribution in [0.15, 0.2) is 34.8 Å². The van der Waals surface area contributed by atoms with Gasteiger partial charge >= 0.3 is 0 Å². The van der Waals surface area contributed by atoms with Gasteiger partial charge in [-0.3, -0.25) is 20.4 Å². The molecule has 0 atom stereocenters. The number of amides is 2. The third-order valence-corrected chi connectivity index (χ3v) is 4.63. The Kier molecular flexibility index (Phi) is 8.14. The highest BCUT2D eigenvalue weighted by atomic mass is 79.9. The third kappa shape index (κ3) is 5.77. The third-order valence-electron chi connectivity index (χ3n) is 4.01. The number of hydrogen-bond acceptors (Lipinski definition) is 6. The van der Waals surface area contributed by atoms with Crippen molar-refractivity contribution in [2.24, 2.45) is 0 Å². The van der Waals surface area contributed by atoms with Gasteiger partial charge in [-0.15, -0.1) is 0 Å². The molecule has 8 nitrogen and oxygen atoms in total. The first-order valence-electron chi connectivity index (χ1n) is 8.73. The molecular weight excluding hydrogens is 444 g/mol. The van der Waals surface area contributed by atoms with E-state index in [1.165, 1.54) is 33.5 Å². The maximum Gasteiger partial charge on any atom is 0.276 e. The van der Waals surface area contributed by atoms with Crippen LogP contribution in [0.4, 0.5) is 0 Å². The van der Waals surface area contributed by atoms with Gasteiger partial charge < -0.3 is 18.9 Å². The predicted octanol–water partition coefficient (Wildman–Crippen LogP) is 2.88. The summed E-state index contributed by atoms with van der Waals surface area (Å²) in [5, 5.41) is 0. The SMILES string of the molecule is CCc1ccc(OCC(=O)NNC(=O)c2cc(OC)c(OC)c(OC)c2)c(Br)c1. The van der Waals surface area contributed by atoms with Crippen LogP contribution in [0.2, 0.25) is 0 Å². The molecule has 0 aliphatic rings. The normalized spacial score (nSPS) is 10.1. The van der Waals surface area contributed by atoms with Crippen LogP contribution < -0.4 is 29.8 Å². The summed E-state index contributed by atoms with van der Waals surface area (Å²) < 4.78 is 21.9. The van der Waals surface area contributed by atoms with E-state index in [0.717, 1.165) is 16.5 Å². The number of methoxy groups -OCH3 is 3. The number of rotatable bonds is 8. The number of carbonyl (C=O) groups excluding carboxylic acids is 2. The van der Waals surface area contributed by atoms with Crippen LogP contribution >= 0.6 is 15.9 Å². The van der Waals surface area contributed by atoms with Gasteiger partial charge in [-0.1, -0.05) is 13.0 Å². The highest BCUT2D eigenvalue weighted by Crippen LogP contribution is 2.38. The van der Waals surface area contributed by atoms with E-state index in [1.807, 2.05) is 19.1 Å². The van der Waals surface area contributed by atoms with E-state index in [4.69, 9.17) is 18.9 Å². The average Bonchev–Trinajstić information content (AvgIpc) is 2.75. The number of benzene rings is 2. The lowest BCUT2D eigenvalue weighted by Crippen LogP contribution is -2.43. The van der Waals surface area contributed by atoms with Gasteiger partial charge in [0.1, 0.15) is 5.75 Å². The van der Waals surface area contributed by atoms with Crippen molar-refractivity contribution >= 4 is 27.7 Å². The molecule has 0 saturated heterocycles. The van der Waals surface area contributed by atoms with Crippen LogP contribution in [0, 0.1) is 0 Å². The van der Waals surface area contributed by atoms with Gasteiger partial charge in [0.2, 0.25) is 5.75 Å². The first kappa shape index (κ1) is 22.4. The van der Waals surface area contributed by atoms with E-state index in [0.29, 0.717) is 23.0 Å². The minimum absolute atomic E-state index is 0.221. The maximum absolute atomic E-state index is 12.4. The standard InChI is InChI=1S/C20H23BrN2O6/c1-5-12-6-7-15(14(21)8-12)29-11-18(24)22-23-20(25)13-9-16(26-2)19(28-4)17(10-13)27-3/h6-10H,5,11H2,1-4H3,(H,22,24)(H,23,25). The Morgan fingerprint density at radius 2 is 1.59 bits per heavy atom. The fourth-order valence-electron chi connectivity index (χ4n) is 2.47. The molecule has 0 heterocycles. The summed E-state index contributed by atoms with van der Waals surface area (Å²) in [5.74, 6) is 0.486. The molecule has 0 saturated carbocycles. The molecule has 0 unspecified atom stereocenters. The molecule has 2 N–H and O–H groups in total. The molecule has 0 spiro atoms. The molecule has 29 heavy (non-hydrogen) atoms. The first-order valence-corrected chi connectivity index (χ1v) is 9.53. The van der Waals surface area contributed by atoms with Gasteiger partial charge in [-0.05, 0) is 52.2 Å². The number of hydrogen-bond donors (Lipinski definition) is 2. The van der Waals surface area contributed by atoms with Crippen molar-refractivity contribution in [3.05, 3.63) is 45.9 Å². The van der Waals surface area contributed by atoms with Crippen molar-refractivity contribution in [2.45, 2.75) is 13.3 Å². The van der Waals surface area contributed by atoms with Gasteiger partial charge in [0.15, 0.2) is 18.1 Å². The molecule has 2 amide bonds. The molecule has 0 fully saturated rings. The first-order chi connectivity index (χ1) is 13.9. The molecule has 0 aromatic heterocycles. The summed E-state index contributed by atoms with van der Waals surface area (Å²) in [6, 6.07) is 8.59. The average molecular weight is 467 g/mol. The number of hydrazine groups is 1. The van der Waals surface area contributed by atoms with Crippen molar-refractivity contribution in [1.29, 1.82) is 0 Å². The molecular formula is C20H23BrN2O6. The summed E-state index contributed by atoms with van der Waals surface area (Å²) in [6.07, 6.45) is 0.895. The lowest BCUT2D eigenvalue weighted by molar-refractivity contribution is -0.123. The molecule has 2 aromatic rings. The zero-order chi connectivity index (χ0) is 21.4. The van der Waals surface area contributed by atoms with Gasteiger partial charge in [0.25, 0.3) is 11.8 Å². The lowest BCUT2D eigenvalue weighted by atomic mass is 10.1. The van der Waals surface area contributed by atoms with Crippen LogP contribution in [-0.2, 0) is 11.2 Å². The Labute approximate surface area is 177 Å². The number of nitrogens with one attached hydrogen (secondary N) is 2. The van der Waals surface area contributed by atoms with Crippen molar-refractivity contribution < 1.29 is 28.5 Å². The Morgan fingerprint density at radius 3 is 2.10 bits per heavy atom. The van der Waals surface area contributed by atoms with E-state index in [2.05, 4.69) is 26.8 Å². The molecule has 2 aromatic carbocycles. The number of aryl methyl sites for hydroxylation is 1. The minimum Gasteiger partial charge on any atom is -0.493 e. The quantitative estimate of drug-likeness (QED) is 0.580. The van der Waals surface area contributed by atoms with Crippen molar-refractivity contribution in [2.75, 3.05) is 27.9 Å². The molecule has 0 radical (unpaired) electrons. The minimum atomic E-state index is -0.550. The van der Waals surface area contributed by atoms with Crippen LogP contribution in [0.25, 0.3) is 0 Å².